The summed E-state index contributed by atoms with van der Waals surface area (Å²) in [7, 11) is 0. The number of anilines is 1. The molecule has 1 amide bonds. The molecule has 1 rings (SSSR count). The van der Waals surface area contributed by atoms with Crippen molar-refractivity contribution in [3.63, 3.8) is 0 Å². The fourth-order valence-corrected chi connectivity index (χ4v) is 1.61. The summed E-state index contributed by atoms with van der Waals surface area (Å²) in [5.74, 6) is -2.87. The highest BCUT2D eigenvalue weighted by molar-refractivity contribution is 6.10. The molecule has 1 atom stereocenters. The summed E-state index contributed by atoms with van der Waals surface area (Å²) >= 11 is 0. The van der Waals surface area contributed by atoms with Gasteiger partial charge in [0.25, 0.3) is 5.91 Å². The number of aryl methyl sites for hydroxylation is 1. The third kappa shape index (κ3) is 3.55. The number of benzene rings is 1. The summed E-state index contributed by atoms with van der Waals surface area (Å²) in [6.45, 7) is 3.29. The Morgan fingerprint density at radius 3 is 2.60 bits per heavy atom. The Kier molecular flexibility index (Phi) is 5.22. The summed E-state index contributed by atoms with van der Waals surface area (Å²) < 4.78 is 4.62. The Labute approximate surface area is 115 Å². The van der Waals surface area contributed by atoms with Gasteiger partial charge in [-0.05, 0) is 25.5 Å². The number of carbonyl (C=O) groups excluding carboxylic acids is 2. The van der Waals surface area contributed by atoms with Crippen molar-refractivity contribution >= 4 is 23.5 Å². The minimum atomic E-state index is -1.50. The number of amides is 1. The number of carboxylic acids is 1. The quantitative estimate of drug-likeness (QED) is 0.534. The van der Waals surface area contributed by atoms with Crippen molar-refractivity contribution in [2.45, 2.75) is 19.9 Å². The van der Waals surface area contributed by atoms with Gasteiger partial charge in [0.2, 0.25) is 0 Å². The predicted octanol–water partition coefficient (Wildman–Crippen LogP) is 0.522. The van der Waals surface area contributed by atoms with Crippen molar-refractivity contribution in [2.24, 2.45) is 5.73 Å². The van der Waals surface area contributed by atoms with E-state index in [0.717, 1.165) is 0 Å². The average Bonchev–Trinajstić information content (AvgIpc) is 2.37. The monoisotopic (exact) mass is 280 g/mol. The molecule has 1 aromatic carbocycles. The second-order valence-electron chi connectivity index (χ2n) is 4.02. The molecule has 0 saturated carbocycles. The van der Waals surface area contributed by atoms with Gasteiger partial charge in [0, 0.05) is 0 Å². The summed E-state index contributed by atoms with van der Waals surface area (Å²) in [5.41, 5.74) is 5.95. The van der Waals surface area contributed by atoms with E-state index in [1.807, 2.05) is 0 Å². The first-order valence-corrected chi connectivity index (χ1v) is 5.94. The number of nitrogens with one attached hydrogen (secondary N) is 1. The molecule has 1 aromatic rings. The van der Waals surface area contributed by atoms with Crippen LogP contribution in [0.15, 0.2) is 18.2 Å². The Balaban J connectivity index is 2.94. The summed E-state index contributed by atoms with van der Waals surface area (Å²) in [6.07, 6.45) is 0. The zero-order valence-corrected chi connectivity index (χ0v) is 11.2. The van der Waals surface area contributed by atoms with Crippen LogP contribution < -0.4 is 11.1 Å². The van der Waals surface area contributed by atoms with Gasteiger partial charge < -0.3 is 20.9 Å². The number of esters is 1. The Hall–Kier alpha value is -2.41. The van der Waals surface area contributed by atoms with Crippen LogP contribution in [0.2, 0.25) is 0 Å². The topological polar surface area (TPSA) is 119 Å². The minimum absolute atomic E-state index is 0.0445. The van der Waals surface area contributed by atoms with Gasteiger partial charge in [-0.25, -0.2) is 9.59 Å². The van der Waals surface area contributed by atoms with Crippen molar-refractivity contribution < 1.29 is 24.2 Å². The first-order valence-electron chi connectivity index (χ1n) is 5.94. The highest BCUT2D eigenvalue weighted by atomic mass is 16.5. The van der Waals surface area contributed by atoms with E-state index >= 15 is 0 Å². The van der Waals surface area contributed by atoms with E-state index < -0.39 is 23.9 Å². The molecule has 7 nitrogen and oxygen atoms in total. The van der Waals surface area contributed by atoms with E-state index in [1.54, 1.807) is 26.0 Å². The molecule has 0 aromatic heterocycles. The van der Waals surface area contributed by atoms with Crippen LogP contribution in [0.1, 0.15) is 22.8 Å². The number of ether oxygens (including phenoxy) is 1. The maximum Gasteiger partial charge on any atom is 0.338 e. The predicted molar refractivity (Wildman–Crippen MR) is 71.4 cm³/mol. The molecule has 0 bridgehead atoms. The van der Waals surface area contributed by atoms with Gasteiger partial charge in [0.05, 0.1) is 17.9 Å². The van der Waals surface area contributed by atoms with Crippen LogP contribution in [-0.4, -0.2) is 35.6 Å². The van der Waals surface area contributed by atoms with Gasteiger partial charge in [0.1, 0.15) is 0 Å². The van der Waals surface area contributed by atoms with E-state index in [1.165, 1.54) is 6.07 Å². The van der Waals surface area contributed by atoms with Crippen molar-refractivity contribution in [2.75, 3.05) is 11.9 Å². The largest absolute Gasteiger partial charge is 0.478 e. The van der Waals surface area contributed by atoms with Gasteiger partial charge in [-0.15, -0.1) is 0 Å². The lowest BCUT2D eigenvalue weighted by molar-refractivity contribution is -0.146. The molecule has 7 heteroatoms. The fourth-order valence-electron chi connectivity index (χ4n) is 1.61. The van der Waals surface area contributed by atoms with Crippen LogP contribution >= 0.6 is 0 Å². The maximum atomic E-state index is 11.8. The molecule has 0 radical (unpaired) electrons. The summed E-state index contributed by atoms with van der Waals surface area (Å²) in [4.78, 5) is 34.3. The first-order chi connectivity index (χ1) is 9.38. The van der Waals surface area contributed by atoms with Crippen molar-refractivity contribution in [1.29, 1.82) is 0 Å². The van der Waals surface area contributed by atoms with E-state index in [-0.39, 0.29) is 17.9 Å². The molecular formula is C13H16N2O5. The minimum Gasteiger partial charge on any atom is -0.478 e. The van der Waals surface area contributed by atoms with E-state index in [9.17, 15) is 14.4 Å². The van der Waals surface area contributed by atoms with Crippen LogP contribution in [0.3, 0.4) is 0 Å². The lowest BCUT2D eigenvalue weighted by Crippen LogP contribution is -2.43. The van der Waals surface area contributed by atoms with E-state index in [4.69, 9.17) is 10.8 Å². The molecule has 0 spiro atoms. The number of nitrogens with two attached hydrogens (primary N) is 1. The van der Waals surface area contributed by atoms with Crippen LogP contribution in [0.4, 0.5) is 5.69 Å². The molecule has 0 fully saturated rings. The van der Waals surface area contributed by atoms with Gasteiger partial charge in [-0.3, -0.25) is 4.79 Å². The molecule has 1 unspecified atom stereocenters. The van der Waals surface area contributed by atoms with Gasteiger partial charge in [0.15, 0.2) is 6.04 Å². The van der Waals surface area contributed by atoms with Crippen molar-refractivity contribution in [3.05, 3.63) is 29.3 Å². The van der Waals surface area contributed by atoms with Gasteiger partial charge >= 0.3 is 11.9 Å². The zero-order chi connectivity index (χ0) is 15.3. The molecule has 20 heavy (non-hydrogen) atoms. The molecule has 4 N–H and O–H groups in total. The Morgan fingerprint density at radius 1 is 1.40 bits per heavy atom. The Morgan fingerprint density at radius 2 is 2.05 bits per heavy atom. The fraction of sp³-hybridized carbons (Fsp3) is 0.308. The average molecular weight is 280 g/mol. The lowest BCUT2D eigenvalue weighted by atomic mass is 10.1. The number of hydrogen-bond acceptors (Lipinski definition) is 5. The van der Waals surface area contributed by atoms with Gasteiger partial charge in [-0.1, -0.05) is 12.1 Å². The van der Waals surface area contributed by atoms with Crippen LogP contribution in [0, 0.1) is 6.92 Å². The normalized spacial score (nSPS) is 11.6. The van der Waals surface area contributed by atoms with Gasteiger partial charge in [-0.2, -0.15) is 0 Å². The molecule has 0 aliphatic heterocycles. The second-order valence-corrected chi connectivity index (χ2v) is 4.02. The highest BCUT2D eigenvalue weighted by Crippen LogP contribution is 2.19. The lowest BCUT2D eigenvalue weighted by Gasteiger charge is -2.13. The maximum absolute atomic E-state index is 11.8. The summed E-state index contributed by atoms with van der Waals surface area (Å²) in [5, 5.41) is 11.4. The molecule has 0 saturated heterocycles. The molecule has 0 heterocycles. The zero-order valence-electron chi connectivity index (χ0n) is 11.2. The standard InChI is InChI=1S/C13H16N2O5/c1-3-20-13(19)10(14)11(16)15-8-6-4-5-7(2)9(8)12(17)18/h4-6,10H,3,14H2,1-2H3,(H,15,16)(H,17,18). The number of aromatic carboxylic acids is 1. The number of hydrogen-bond donors (Lipinski definition) is 3. The smallest absolute Gasteiger partial charge is 0.338 e. The number of rotatable bonds is 5. The molecular weight excluding hydrogens is 264 g/mol. The third-order valence-corrected chi connectivity index (χ3v) is 2.57. The summed E-state index contributed by atoms with van der Waals surface area (Å²) in [6, 6.07) is 3.11. The second kappa shape index (κ2) is 6.67. The number of carboxylic acid groups (broad SMARTS) is 1. The third-order valence-electron chi connectivity index (χ3n) is 2.57. The first kappa shape index (κ1) is 15.6. The van der Waals surface area contributed by atoms with Crippen LogP contribution in [0.5, 0.6) is 0 Å². The highest BCUT2D eigenvalue weighted by Gasteiger charge is 2.25. The van der Waals surface area contributed by atoms with E-state index in [2.05, 4.69) is 10.1 Å². The number of carbonyl (C=O) groups is 3. The van der Waals surface area contributed by atoms with Crippen molar-refractivity contribution in [3.8, 4) is 0 Å². The van der Waals surface area contributed by atoms with E-state index in [0.29, 0.717) is 5.56 Å². The Bertz CT molecular complexity index is 542. The molecule has 108 valence electrons. The van der Waals surface area contributed by atoms with Crippen LogP contribution in [-0.2, 0) is 14.3 Å². The van der Waals surface area contributed by atoms with Crippen LogP contribution in [0.25, 0.3) is 0 Å². The van der Waals surface area contributed by atoms with Crippen molar-refractivity contribution in [1.82, 2.24) is 0 Å². The molecule has 0 aliphatic carbocycles. The molecule has 0 aliphatic rings. The SMILES string of the molecule is CCOC(=O)C(N)C(=O)Nc1cccc(C)c1C(=O)O.